The minimum atomic E-state index is -0.648. The topological polar surface area (TPSA) is 65.1 Å². The summed E-state index contributed by atoms with van der Waals surface area (Å²) < 4.78 is 17.6. The number of ether oxygens (including phenoxy) is 3. The summed E-state index contributed by atoms with van der Waals surface area (Å²) >= 11 is 0. The van der Waals surface area contributed by atoms with E-state index in [1.807, 2.05) is 13.8 Å². The molecule has 5 nitrogen and oxygen atoms in total. The van der Waals surface area contributed by atoms with Gasteiger partial charge in [0.1, 0.15) is 23.9 Å². The number of carbonyl (C=O) groups is 2. The maximum absolute atomic E-state index is 12.4. The Morgan fingerprint density at radius 2 is 1.96 bits per heavy atom. The van der Waals surface area contributed by atoms with Crippen LogP contribution < -0.4 is 0 Å². The van der Waals surface area contributed by atoms with Gasteiger partial charge in [0.2, 0.25) is 0 Å². The van der Waals surface area contributed by atoms with Crippen molar-refractivity contribution in [3.63, 3.8) is 0 Å². The molecule has 0 aromatic heterocycles. The number of esters is 2. The van der Waals surface area contributed by atoms with Crippen LogP contribution in [-0.2, 0) is 23.8 Å². The van der Waals surface area contributed by atoms with Gasteiger partial charge in [0.05, 0.1) is 0 Å². The predicted molar refractivity (Wildman–Crippen MR) is 104 cm³/mol. The van der Waals surface area contributed by atoms with Crippen molar-refractivity contribution >= 4 is 11.9 Å². The molecule has 0 radical (unpaired) electrons. The number of rotatable bonds is 4. The van der Waals surface area contributed by atoms with Gasteiger partial charge in [0.25, 0.3) is 0 Å². The van der Waals surface area contributed by atoms with Crippen LogP contribution in [0.15, 0.2) is 23.3 Å². The van der Waals surface area contributed by atoms with E-state index in [1.165, 1.54) is 12.5 Å². The van der Waals surface area contributed by atoms with Crippen molar-refractivity contribution < 1.29 is 23.8 Å². The molecular formula is C22H34O5. The van der Waals surface area contributed by atoms with Gasteiger partial charge >= 0.3 is 11.9 Å². The molecule has 0 saturated carbocycles. The molecule has 1 aliphatic heterocycles. The number of carbonyl (C=O) groups excluding carboxylic acids is 2. The highest BCUT2D eigenvalue weighted by molar-refractivity contribution is 5.87. The van der Waals surface area contributed by atoms with Crippen molar-refractivity contribution in [2.75, 3.05) is 0 Å². The van der Waals surface area contributed by atoms with Crippen molar-refractivity contribution in [2.45, 2.75) is 91.6 Å². The molecule has 5 atom stereocenters. The smallest absolute Gasteiger partial charge is 0.333 e. The molecule has 1 saturated heterocycles. The van der Waals surface area contributed by atoms with E-state index in [2.05, 4.69) is 26.8 Å². The standard InChI is InChI=1S/C22H34O5/c1-8-15(5)21(24)26-18-12-10-14(4)9-11-17(13(2)3)19(25-16(6)23)20-22(18,7)27-20/h8,10,13,17-20H,9,11-12H2,1-7H3/b14-10+,15-8-/t17-,18-,19+,20-,22-/m1/s1. The zero-order chi connectivity index (χ0) is 20.4. The SMILES string of the molecule is C/C=C(/C)C(=O)O[C@@H]1C/C=C(\C)CC[C@H](C(C)C)[C@H](OC(C)=O)[C@H]2O[C@@]21C. The van der Waals surface area contributed by atoms with E-state index in [9.17, 15) is 9.59 Å². The lowest BCUT2D eigenvalue weighted by Crippen LogP contribution is -2.42. The maximum Gasteiger partial charge on any atom is 0.333 e. The fourth-order valence-corrected chi connectivity index (χ4v) is 3.88. The zero-order valence-electron chi connectivity index (χ0n) is 17.7. The molecule has 1 aliphatic carbocycles. The molecule has 0 aromatic carbocycles. The Bertz CT molecular complexity index is 633. The van der Waals surface area contributed by atoms with Crippen LogP contribution in [0.1, 0.15) is 67.7 Å². The number of epoxide rings is 1. The second kappa shape index (κ2) is 8.59. The van der Waals surface area contributed by atoms with E-state index in [4.69, 9.17) is 14.2 Å². The largest absolute Gasteiger partial charge is 0.459 e. The summed E-state index contributed by atoms with van der Waals surface area (Å²) in [6.07, 6.45) is 5.36. The Labute approximate surface area is 163 Å². The highest BCUT2D eigenvalue weighted by Gasteiger charge is 2.64. The Hall–Kier alpha value is -1.62. The Kier molecular flexibility index (Phi) is 6.90. The van der Waals surface area contributed by atoms with E-state index >= 15 is 0 Å². The molecule has 1 fully saturated rings. The summed E-state index contributed by atoms with van der Waals surface area (Å²) in [4.78, 5) is 24.1. The monoisotopic (exact) mass is 378 g/mol. The number of fused-ring (bicyclic) bond motifs is 1. The molecule has 0 spiro atoms. The number of hydrogen-bond acceptors (Lipinski definition) is 5. The van der Waals surface area contributed by atoms with Crippen LogP contribution in [0.5, 0.6) is 0 Å². The van der Waals surface area contributed by atoms with Crippen LogP contribution in [0, 0.1) is 11.8 Å². The number of hydrogen-bond donors (Lipinski definition) is 0. The lowest BCUT2D eigenvalue weighted by molar-refractivity contribution is -0.152. The molecule has 27 heavy (non-hydrogen) atoms. The van der Waals surface area contributed by atoms with Gasteiger partial charge in [-0.3, -0.25) is 4.79 Å². The lowest BCUT2D eigenvalue weighted by Gasteiger charge is -2.31. The van der Waals surface area contributed by atoms with Gasteiger partial charge in [-0.25, -0.2) is 4.79 Å². The van der Waals surface area contributed by atoms with E-state index in [1.54, 1.807) is 13.0 Å². The lowest BCUT2D eigenvalue weighted by atomic mass is 9.79. The maximum atomic E-state index is 12.4. The molecule has 5 heteroatoms. The quantitative estimate of drug-likeness (QED) is 0.315. The van der Waals surface area contributed by atoms with E-state index < -0.39 is 11.7 Å². The van der Waals surface area contributed by atoms with Crippen molar-refractivity contribution in [3.8, 4) is 0 Å². The second-order valence-corrected chi connectivity index (χ2v) is 8.39. The first-order valence-electron chi connectivity index (χ1n) is 9.94. The summed E-state index contributed by atoms with van der Waals surface area (Å²) in [5, 5.41) is 0. The molecule has 2 rings (SSSR count). The molecule has 0 amide bonds. The van der Waals surface area contributed by atoms with Crippen molar-refractivity contribution in [3.05, 3.63) is 23.3 Å². The number of allylic oxidation sites excluding steroid dienone is 2. The van der Waals surface area contributed by atoms with Gasteiger partial charge in [-0.05, 0) is 46.5 Å². The molecule has 0 unspecified atom stereocenters. The zero-order valence-corrected chi connectivity index (χ0v) is 17.7. The van der Waals surface area contributed by atoms with E-state index in [-0.39, 0.29) is 30.1 Å². The first-order valence-corrected chi connectivity index (χ1v) is 9.94. The summed E-state index contributed by atoms with van der Waals surface area (Å²) in [6, 6.07) is 0. The third-order valence-electron chi connectivity index (χ3n) is 5.96. The van der Waals surface area contributed by atoms with Crippen LogP contribution in [0.3, 0.4) is 0 Å². The molecule has 0 bridgehead atoms. The van der Waals surface area contributed by atoms with Crippen LogP contribution >= 0.6 is 0 Å². The average Bonchev–Trinajstić information content (AvgIpc) is 3.28. The third kappa shape index (κ3) is 5.01. The van der Waals surface area contributed by atoms with Crippen LogP contribution in [-0.4, -0.2) is 35.9 Å². The second-order valence-electron chi connectivity index (χ2n) is 8.39. The highest BCUT2D eigenvalue weighted by Crippen LogP contribution is 2.49. The van der Waals surface area contributed by atoms with E-state index in [0.717, 1.165) is 12.8 Å². The Balaban J connectivity index is 2.35. The normalized spacial score (nSPS) is 36.3. The van der Waals surface area contributed by atoms with Gasteiger partial charge in [-0.15, -0.1) is 0 Å². The van der Waals surface area contributed by atoms with Crippen LogP contribution in [0.25, 0.3) is 0 Å². The average molecular weight is 379 g/mol. The predicted octanol–water partition coefficient (Wildman–Crippen LogP) is 4.36. The van der Waals surface area contributed by atoms with Gasteiger partial charge in [-0.1, -0.05) is 31.6 Å². The summed E-state index contributed by atoms with van der Waals surface area (Å²) in [6.45, 7) is 13.4. The highest BCUT2D eigenvalue weighted by atomic mass is 16.7. The first-order chi connectivity index (χ1) is 12.6. The summed E-state index contributed by atoms with van der Waals surface area (Å²) in [5.41, 5.74) is 1.18. The summed E-state index contributed by atoms with van der Waals surface area (Å²) in [7, 11) is 0. The third-order valence-corrected chi connectivity index (χ3v) is 5.96. The van der Waals surface area contributed by atoms with Crippen molar-refractivity contribution in [1.29, 1.82) is 0 Å². The molecule has 1 heterocycles. The van der Waals surface area contributed by atoms with Crippen molar-refractivity contribution in [2.24, 2.45) is 11.8 Å². The molecule has 2 aliphatic rings. The van der Waals surface area contributed by atoms with Crippen molar-refractivity contribution in [1.82, 2.24) is 0 Å². The Morgan fingerprint density at radius 3 is 2.52 bits per heavy atom. The Morgan fingerprint density at radius 1 is 1.30 bits per heavy atom. The minimum Gasteiger partial charge on any atom is -0.459 e. The molecular weight excluding hydrogens is 344 g/mol. The van der Waals surface area contributed by atoms with E-state index in [0.29, 0.717) is 17.9 Å². The van der Waals surface area contributed by atoms with Gasteiger partial charge in [0, 0.05) is 24.8 Å². The first kappa shape index (κ1) is 21.7. The molecule has 152 valence electrons. The van der Waals surface area contributed by atoms with Gasteiger partial charge < -0.3 is 14.2 Å². The minimum absolute atomic E-state index is 0.191. The molecule has 0 aromatic rings. The summed E-state index contributed by atoms with van der Waals surface area (Å²) in [5.74, 6) is -0.0891. The fourth-order valence-electron chi connectivity index (χ4n) is 3.88. The molecule has 0 N–H and O–H groups in total. The van der Waals surface area contributed by atoms with Crippen LogP contribution in [0.2, 0.25) is 0 Å². The van der Waals surface area contributed by atoms with Gasteiger partial charge in [0.15, 0.2) is 0 Å². The van der Waals surface area contributed by atoms with Gasteiger partial charge in [-0.2, -0.15) is 0 Å². The van der Waals surface area contributed by atoms with Crippen LogP contribution in [0.4, 0.5) is 0 Å². The fraction of sp³-hybridized carbons (Fsp3) is 0.727.